The molecule has 0 fully saturated rings. The minimum absolute atomic E-state index is 0.103. The van der Waals surface area contributed by atoms with Crippen LogP contribution in [0.1, 0.15) is 38.1 Å². The number of carbonyl (C=O) groups is 1. The fraction of sp³-hybridized carbons (Fsp3) is 0.533. The summed E-state index contributed by atoms with van der Waals surface area (Å²) >= 11 is 5.30. The highest BCUT2D eigenvalue weighted by atomic mass is 32.5. The molecule has 0 saturated heterocycles. The van der Waals surface area contributed by atoms with Crippen molar-refractivity contribution in [3.05, 3.63) is 29.8 Å². The van der Waals surface area contributed by atoms with E-state index in [9.17, 15) is 4.79 Å². The molecule has 22 heavy (non-hydrogen) atoms. The molecule has 0 spiro atoms. The molecule has 1 N–H and O–H groups in total. The van der Waals surface area contributed by atoms with Gasteiger partial charge in [-0.3, -0.25) is 13.8 Å². The molecule has 0 aliphatic carbocycles. The van der Waals surface area contributed by atoms with Gasteiger partial charge in [-0.15, -0.1) is 0 Å². The first kappa shape index (κ1) is 19.1. The highest BCUT2D eigenvalue weighted by Crippen LogP contribution is 2.49. The minimum atomic E-state index is -2.77. The molecule has 1 aromatic carbocycles. The summed E-state index contributed by atoms with van der Waals surface area (Å²) in [5, 5.41) is 2.86. The van der Waals surface area contributed by atoms with Crippen LogP contribution in [0.15, 0.2) is 24.3 Å². The summed E-state index contributed by atoms with van der Waals surface area (Å²) in [5.41, 5.74) is 0.578. The van der Waals surface area contributed by atoms with Gasteiger partial charge in [0, 0.05) is 23.9 Å². The first-order valence-corrected chi connectivity index (χ1v) is 9.92. The van der Waals surface area contributed by atoms with Crippen LogP contribution in [0, 0.1) is 5.92 Å². The Labute approximate surface area is 137 Å². The normalized spacial score (nSPS) is 11.5. The lowest BCUT2D eigenvalue weighted by Gasteiger charge is -2.21. The highest BCUT2D eigenvalue weighted by Gasteiger charge is 2.21. The van der Waals surface area contributed by atoms with Crippen molar-refractivity contribution in [2.45, 2.75) is 27.7 Å². The van der Waals surface area contributed by atoms with Crippen LogP contribution >= 0.6 is 6.72 Å². The van der Waals surface area contributed by atoms with Crippen molar-refractivity contribution in [2.75, 3.05) is 19.8 Å². The number of benzene rings is 1. The van der Waals surface area contributed by atoms with Gasteiger partial charge in [0.05, 0.1) is 13.2 Å². The fourth-order valence-electron chi connectivity index (χ4n) is 1.60. The molecule has 0 heterocycles. The Hall–Kier alpha value is -0.940. The van der Waals surface area contributed by atoms with Crippen molar-refractivity contribution >= 4 is 24.4 Å². The molecule has 0 saturated carbocycles. The molecular weight excluding hydrogens is 321 g/mol. The van der Waals surface area contributed by atoms with E-state index >= 15 is 0 Å². The molecule has 0 radical (unpaired) electrons. The number of nitrogens with one attached hydrogen (secondary N) is 1. The van der Waals surface area contributed by atoms with E-state index in [2.05, 4.69) is 5.32 Å². The number of amides is 1. The van der Waals surface area contributed by atoms with E-state index in [1.54, 1.807) is 24.3 Å². The molecule has 1 aromatic rings. The van der Waals surface area contributed by atoms with Crippen molar-refractivity contribution in [1.29, 1.82) is 0 Å². The van der Waals surface area contributed by atoms with E-state index in [1.165, 1.54) is 0 Å². The summed E-state index contributed by atoms with van der Waals surface area (Å²) in [6, 6.07) is 6.79. The Kier molecular flexibility index (Phi) is 8.04. The molecule has 0 aromatic heterocycles. The standard InChI is InChI=1S/C15H24NO4PS/c1-5-18-21(22,19-6-2)20-14-9-7-13(8-10-14)15(17)16-11-12(3)4/h7-10,12H,5-6,11H2,1-4H3,(H,16,17). The van der Waals surface area contributed by atoms with Gasteiger partial charge in [-0.1, -0.05) is 13.8 Å². The zero-order valence-corrected chi connectivity index (χ0v) is 15.2. The van der Waals surface area contributed by atoms with Gasteiger partial charge >= 0.3 is 6.72 Å². The van der Waals surface area contributed by atoms with Crippen LogP contribution in [0.2, 0.25) is 0 Å². The van der Waals surface area contributed by atoms with Crippen LogP contribution in [0.5, 0.6) is 5.75 Å². The molecule has 0 aliphatic rings. The molecule has 0 unspecified atom stereocenters. The second-order valence-electron chi connectivity index (χ2n) is 5.00. The molecule has 1 amide bonds. The van der Waals surface area contributed by atoms with Gasteiger partial charge < -0.3 is 9.84 Å². The predicted molar refractivity (Wildman–Crippen MR) is 91.8 cm³/mol. The van der Waals surface area contributed by atoms with Crippen LogP contribution in [-0.2, 0) is 20.9 Å². The van der Waals surface area contributed by atoms with Crippen molar-refractivity contribution < 1.29 is 18.4 Å². The number of hydrogen-bond acceptors (Lipinski definition) is 5. The lowest BCUT2D eigenvalue weighted by Crippen LogP contribution is -2.27. The summed E-state index contributed by atoms with van der Waals surface area (Å²) in [6.45, 7) is 6.49. The summed E-state index contributed by atoms with van der Waals surface area (Å²) in [6.07, 6.45) is 0. The minimum Gasteiger partial charge on any atom is -0.424 e. The smallest absolute Gasteiger partial charge is 0.380 e. The zero-order valence-electron chi connectivity index (χ0n) is 13.5. The van der Waals surface area contributed by atoms with E-state index in [-0.39, 0.29) is 5.91 Å². The van der Waals surface area contributed by atoms with Gasteiger partial charge in [0.2, 0.25) is 0 Å². The maximum absolute atomic E-state index is 11.9. The van der Waals surface area contributed by atoms with Crippen molar-refractivity contribution in [2.24, 2.45) is 5.92 Å². The number of hydrogen-bond donors (Lipinski definition) is 1. The highest BCUT2D eigenvalue weighted by molar-refractivity contribution is 8.07. The lowest BCUT2D eigenvalue weighted by atomic mass is 10.2. The van der Waals surface area contributed by atoms with Crippen LogP contribution in [-0.4, -0.2) is 25.7 Å². The van der Waals surface area contributed by atoms with Gasteiger partial charge in [-0.2, -0.15) is 0 Å². The third kappa shape index (κ3) is 6.44. The zero-order chi connectivity index (χ0) is 16.6. The van der Waals surface area contributed by atoms with Gasteiger partial charge in [-0.05, 0) is 44.0 Å². The Morgan fingerprint density at radius 2 is 1.73 bits per heavy atom. The molecular formula is C15H24NO4PS. The Morgan fingerprint density at radius 3 is 2.18 bits per heavy atom. The summed E-state index contributed by atoms with van der Waals surface area (Å²) in [4.78, 5) is 11.9. The average Bonchev–Trinajstić information content (AvgIpc) is 2.45. The van der Waals surface area contributed by atoms with E-state index in [4.69, 9.17) is 25.4 Å². The molecule has 124 valence electrons. The van der Waals surface area contributed by atoms with Gasteiger partial charge in [0.15, 0.2) is 0 Å². The fourth-order valence-corrected chi connectivity index (χ4v) is 3.68. The molecule has 7 heteroatoms. The van der Waals surface area contributed by atoms with Crippen LogP contribution in [0.4, 0.5) is 0 Å². The predicted octanol–water partition coefficient (Wildman–Crippen LogP) is 3.75. The average molecular weight is 345 g/mol. The van der Waals surface area contributed by atoms with Crippen molar-refractivity contribution in [3.8, 4) is 5.75 Å². The molecule has 0 atom stereocenters. The monoisotopic (exact) mass is 345 g/mol. The third-order valence-corrected chi connectivity index (χ3v) is 5.02. The second kappa shape index (κ2) is 9.26. The summed E-state index contributed by atoms with van der Waals surface area (Å²) < 4.78 is 16.5. The maximum Gasteiger partial charge on any atom is 0.380 e. The summed E-state index contributed by atoms with van der Waals surface area (Å²) in [7, 11) is 0. The van der Waals surface area contributed by atoms with E-state index in [0.717, 1.165) is 0 Å². The largest absolute Gasteiger partial charge is 0.424 e. The summed E-state index contributed by atoms with van der Waals surface area (Å²) in [5.74, 6) is 0.842. The molecule has 1 rings (SSSR count). The van der Waals surface area contributed by atoms with Crippen molar-refractivity contribution in [1.82, 2.24) is 5.32 Å². The quantitative estimate of drug-likeness (QED) is 0.691. The molecule has 0 bridgehead atoms. The SMILES string of the molecule is CCOP(=S)(OCC)Oc1ccc(C(=O)NCC(C)C)cc1. The van der Waals surface area contributed by atoms with E-state index < -0.39 is 6.72 Å². The Bertz CT molecular complexity index is 509. The molecule has 0 aliphatic heterocycles. The first-order valence-electron chi connectivity index (χ1n) is 7.37. The maximum atomic E-state index is 11.9. The second-order valence-corrected chi connectivity index (χ2v) is 7.94. The van der Waals surface area contributed by atoms with Gasteiger partial charge in [0.25, 0.3) is 5.91 Å². The lowest BCUT2D eigenvalue weighted by molar-refractivity contribution is 0.0949. The van der Waals surface area contributed by atoms with Crippen LogP contribution in [0.25, 0.3) is 0 Å². The topological polar surface area (TPSA) is 56.8 Å². The Balaban J connectivity index is 2.71. The van der Waals surface area contributed by atoms with E-state index in [1.807, 2.05) is 27.7 Å². The first-order chi connectivity index (χ1) is 10.4. The molecule has 5 nitrogen and oxygen atoms in total. The van der Waals surface area contributed by atoms with Gasteiger partial charge in [-0.25, -0.2) is 0 Å². The Morgan fingerprint density at radius 1 is 1.18 bits per heavy atom. The van der Waals surface area contributed by atoms with E-state index in [0.29, 0.717) is 37.0 Å². The number of carbonyl (C=O) groups excluding carboxylic acids is 1. The number of rotatable bonds is 9. The van der Waals surface area contributed by atoms with Crippen LogP contribution < -0.4 is 9.84 Å². The van der Waals surface area contributed by atoms with Crippen LogP contribution in [0.3, 0.4) is 0 Å². The third-order valence-electron chi connectivity index (χ3n) is 2.58. The van der Waals surface area contributed by atoms with Gasteiger partial charge in [0.1, 0.15) is 5.75 Å². The van der Waals surface area contributed by atoms with Crippen molar-refractivity contribution in [3.63, 3.8) is 0 Å².